The van der Waals surface area contributed by atoms with Gasteiger partial charge in [-0.2, -0.15) is 4.31 Å². The average Bonchev–Trinajstić information content (AvgIpc) is 3.18. The molecule has 9 nitrogen and oxygen atoms in total. The number of rotatable bonds is 6. The van der Waals surface area contributed by atoms with Crippen LogP contribution in [0.25, 0.3) is 0 Å². The quantitative estimate of drug-likeness (QED) is 0.459. The van der Waals surface area contributed by atoms with Gasteiger partial charge in [-0.1, -0.05) is 24.3 Å². The van der Waals surface area contributed by atoms with Gasteiger partial charge in [-0.05, 0) is 56.2 Å². The topological polar surface area (TPSA) is 106 Å². The molecule has 13 heteroatoms. The number of piperidine rings is 1. The van der Waals surface area contributed by atoms with E-state index in [1.807, 2.05) is 0 Å². The molecule has 1 saturated heterocycles. The molecule has 196 valence electrons. The first-order chi connectivity index (χ1) is 17.5. The van der Waals surface area contributed by atoms with Crippen LogP contribution in [0.5, 0.6) is 11.5 Å². The van der Waals surface area contributed by atoms with Gasteiger partial charge in [0.1, 0.15) is 5.82 Å². The summed E-state index contributed by atoms with van der Waals surface area (Å²) in [7, 11) is -8.05. The number of benzene rings is 2. The monoisotopic (exact) mass is 551 g/mol. The predicted molar refractivity (Wildman–Crippen MR) is 130 cm³/mol. The molecule has 2 aliphatic rings. The molecule has 0 unspecified atom stereocenters. The summed E-state index contributed by atoms with van der Waals surface area (Å²) in [6.45, 7) is 1.79. The highest BCUT2D eigenvalue weighted by Crippen LogP contribution is 2.42. The number of hydrogen-bond acceptors (Lipinski definition) is 7. The molecule has 5 rings (SSSR count). The van der Waals surface area contributed by atoms with E-state index in [4.69, 9.17) is 0 Å². The molecule has 37 heavy (non-hydrogen) atoms. The van der Waals surface area contributed by atoms with Crippen LogP contribution in [-0.4, -0.2) is 51.6 Å². The second-order valence-electron chi connectivity index (χ2n) is 8.66. The van der Waals surface area contributed by atoms with Crippen molar-refractivity contribution < 1.29 is 35.1 Å². The number of sulfonamides is 2. The maximum Gasteiger partial charge on any atom is 0.586 e. The highest BCUT2D eigenvalue weighted by molar-refractivity contribution is 7.92. The fourth-order valence-electron chi connectivity index (χ4n) is 4.42. The summed E-state index contributed by atoms with van der Waals surface area (Å²) in [6, 6.07) is 15.8. The van der Waals surface area contributed by atoms with Crippen molar-refractivity contribution in [2.45, 2.75) is 41.9 Å². The molecule has 2 aliphatic heterocycles. The zero-order valence-electron chi connectivity index (χ0n) is 19.6. The molecule has 0 radical (unpaired) electrons. The number of pyridine rings is 1. The third kappa shape index (κ3) is 4.86. The summed E-state index contributed by atoms with van der Waals surface area (Å²) in [5, 5.41) is 0. The van der Waals surface area contributed by atoms with E-state index in [1.165, 1.54) is 26.8 Å². The van der Waals surface area contributed by atoms with Gasteiger partial charge < -0.3 is 9.47 Å². The van der Waals surface area contributed by atoms with Gasteiger partial charge in [-0.3, -0.25) is 0 Å². The van der Waals surface area contributed by atoms with Gasteiger partial charge >= 0.3 is 6.29 Å². The predicted octanol–water partition coefficient (Wildman–Crippen LogP) is 3.76. The lowest BCUT2D eigenvalue weighted by atomic mass is 10.1. The first-order valence-electron chi connectivity index (χ1n) is 11.4. The minimum absolute atomic E-state index is 0.0181. The van der Waals surface area contributed by atoms with E-state index in [9.17, 15) is 25.6 Å². The molecule has 0 amide bonds. The zero-order chi connectivity index (χ0) is 26.4. The van der Waals surface area contributed by atoms with Crippen LogP contribution in [0.1, 0.15) is 18.5 Å². The van der Waals surface area contributed by atoms with Crippen molar-refractivity contribution in [2.75, 3.05) is 17.4 Å². The molecule has 0 atom stereocenters. The SMILES string of the molecule is Cc1cccc(N(C2CCN(S(=O)(=O)c3ccc4c(c3)OC(F)(F)O4)CC2)S(=O)(=O)c2ccccc2)n1. The lowest BCUT2D eigenvalue weighted by molar-refractivity contribution is -0.286. The maximum absolute atomic E-state index is 13.7. The third-order valence-corrected chi connectivity index (χ3v) is 9.93. The Hall–Kier alpha value is -3.29. The first-order valence-corrected chi connectivity index (χ1v) is 14.3. The van der Waals surface area contributed by atoms with Crippen LogP contribution < -0.4 is 13.8 Å². The number of aryl methyl sites for hydroxylation is 1. The molecule has 0 spiro atoms. The minimum atomic E-state index is -4.06. The van der Waals surface area contributed by atoms with Crippen molar-refractivity contribution in [1.29, 1.82) is 0 Å². The van der Waals surface area contributed by atoms with Crippen LogP contribution in [0.15, 0.2) is 76.5 Å². The van der Waals surface area contributed by atoms with Gasteiger partial charge in [-0.15, -0.1) is 8.78 Å². The van der Waals surface area contributed by atoms with Crippen LogP contribution in [0.4, 0.5) is 14.6 Å². The van der Waals surface area contributed by atoms with Crippen molar-refractivity contribution in [1.82, 2.24) is 9.29 Å². The number of anilines is 1. The summed E-state index contributed by atoms with van der Waals surface area (Å²) in [5.74, 6) is -0.372. The number of fused-ring (bicyclic) bond motifs is 1. The van der Waals surface area contributed by atoms with Gasteiger partial charge in [0.2, 0.25) is 10.0 Å². The Morgan fingerprint density at radius 1 is 0.892 bits per heavy atom. The number of hydrogen-bond donors (Lipinski definition) is 0. The maximum atomic E-state index is 13.7. The lowest BCUT2D eigenvalue weighted by Gasteiger charge is -2.38. The third-order valence-electron chi connectivity index (χ3n) is 6.17. The Labute approximate surface area is 213 Å². The summed E-state index contributed by atoms with van der Waals surface area (Å²) in [4.78, 5) is 4.31. The Morgan fingerprint density at radius 3 is 2.24 bits per heavy atom. The molecule has 0 aliphatic carbocycles. The number of ether oxygens (including phenoxy) is 2. The molecule has 3 heterocycles. The van der Waals surface area contributed by atoms with E-state index in [1.54, 1.807) is 43.3 Å². The summed E-state index contributed by atoms with van der Waals surface area (Å²) >= 11 is 0. The van der Waals surface area contributed by atoms with Gasteiger partial charge in [0, 0.05) is 30.9 Å². The largest absolute Gasteiger partial charge is 0.586 e. The molecule has 0 N–H and O–H groups in total. The Balaban J connectivity index is 1.40. The minimum Gasteiger partial charge on any atom is -0.395 e. The highest BCUT2D eigenvalue weighted by atomic mass is 32.2. The second kappa shape index (κ2) is 9.23. The smallest absolute Gasteiger partial charge is 0.395 e. The van der Waals surface area contributed by atoms with Gasteiger partial charge in [0.05, 0.1) is 9.79 Å². The summed E-state index contributed by atoms with van der Waals surface area (Å²) < 4.78 is 91.8. The summed E-state index contributed by atoms with van der Waals surface area (Å²) in [6.07, 6.45) is -3.46. The van der Waals surface area contributed by atoms with Crippen molar-refractivity contribution in [3.63, 3.8) is 0 Å². The highest BCUT2D eigenvalue weighted by Gasteiger charge is 2.44. The fraction of sp³-hybridized carbons (Fsp3) is 0.292. The Morgan fingerprint density at radius 2 is 1.57 bits per heavy atom. The van der Waals surface area contributed by atoms with Crippen molar-refractivity contribution in [2.24, 2.45) is 0 Å². The first kappa shape index (κ1) is 25.4. The Kier molecular flexibility index (Phi) is 6.32. The summed E-state index contributed by atoms with van der Waals surface area (Å²) in [5.41, 5.74) is 0.638. The fourth-order valence-corrected chi connectivity index (χ4v) is 7.58. The van der Waals surface area contributed by atoms with Crippen LogP contribution in [0.2, 0.25) is 0 Å². The van der Waals surface area contributed by atoms with E-state index in [0.717, 1.165) is 12.1 Å². The number of halogens is 2. The van der Waals surface area contributed by atoms with E-state index < -0.39 is 32.4 Å². The van der Waals surface area contributed by atoms with Gasteiger partial charge in [0.15, 0.2) is 11.5 Å². The molecule has 1 aromatic heterocycles. The number of nitrogens with zero attached hydrogens (tertiary/aromatic N) is 3. The normalized spacial score (nSPS) is 18.0. The molecular weight excluding hydrogens is 528 g/mol. The van der Waals surface area contributed by atoms with Crippen LogP contribution in [-0.2, 0) is 20.0 Å². The van der Waals surface area contributed by atoms with Crippen molar-refractivity contribution in [3.8, 4) is 11.5 Å². The lowest BCUT2D eigenvalue weighted by Crippen LogP contribution is -2.49. The van der Waals surface area contributed by atoms with Crippen molar-refractivity contribution in [3.05, 3.63) is 72.4 Å². The van der Waals surface area contributed by atoms with E-state index in [0.29, 0.717) is 5.69 Å². The Bertz CT molecular complexity index is 1530. The molecular formula is C24H23F2N3O6S2. The van der Waals surface area contributed by atoms with E-state index in [2.05, 4.69) is 14.5 Å². The second-order valence-corrected chi connectivity index (χ2v) is 12.4. The average molecular weight is 552 g/mol. The van der Waals surface area contributed by atoms with Crippen LogP contribution in [0.3, 0.4) is 0 Å². The van der Waals surface area contributed by atoms with Crippen molar-refractivity contribution >= 4 is 25.9 Å². The molecule has 1 fully saturated rings. The van der Waals surface area contributed by atoms with Gasteiger partial charge in [0.25, 0.3) is 10.0 Å². The van der Waals surface area contributed by atoms with Gasteiger partial charge in [-0.25, -0.2) is 26.1 Å². The molecule has 2 aromatic carbocycles. The standard InChI is InChI=1S/C24H23F2N3O6S2/c1-17-6-5-9-23(27-17)29(37(32,33)19-7-3-2-4-8-19)18-12-14-28(15-13-18)36(30,31)20-10-11-21-22(16-20)35-24(25,26)34-21/h2-11,16,18H,12-15H2,1H3. The number of alkyl halides is 2. The molecule has 3 aromatic rings. The van der Waals surface area contributed by atoms with E-state index >= 15 is 0 Å². The number of aromatic nitrogens is 1. The zero-order valence-corrected chi connectivity index (χ0v) is 21.3. The van der Waals surface area contributed by atoms with E-state index in [-0.39, 0.29) is 53.0 Å². The molecule has 0 saturated carbocycles. The van der Waals surface area contributed by atoms with Crippen LogP contribution >= 0.6 is 0 Å². The molecule has 0 bridgehead atoms. The van der Waals surface area contributed by atoms with Crippen LogP contribution in [0, 0.1) is 6.92 Å².